The molecule has 1 heterocycles. The van der Waals surface area contributed by atoms with Crippen LogP contribution in [0.2, 0.25) is 0 Å². The number of rotatable bonds is 3. The van der Waals surface area contributed by atoms with Gasteiger partial charge in [0.2, 0.25) is 5.91 Å². The fourth-order valence-electron chi connectivity index (χ4n) is 3.21. The van der Waals surface area contributed by atoms with Gasteiger partial charge >= 0.3 is 0 Å². The van der Waals surface area contributed by atoms with Crippen LogP contribution in [-0.4, -0.2) is 24.5 Å². The Morgan fingerprint density at radius 2 is 1.94 bits per heavy atom. The van der Waals surface area contributed by atoms with E-state index in [2.05, 4.69) is 24.5 Å². The van der Waals surface area contributed by atoms with E-state index in [0.29, 0.717) is 30.3 Å². The molecule has 1 aliphatic heterocycles. The minimum atomic E-state index is 0.245. The van der Waals surface area contributed by atoms with Crippen LogP contribution in [0.1, 0.15) is 52.4 Å². The second-order valence-corrected chi connectivity index (χ2v) is 5.97. The summed E-state index contributed by atoms with van der Waals surface area (Å²) in [5.74, 6) is 1.54. The van der Waals surface area contributed by atoms with Crippen LogP contribution in [0.4, 0.5) is 0 Å². The minimum Gasteiger partial charge on any atom is -0.353 e. The lowest BCUT2D eigenvalue weighted by Gasteiger charge is -2.30. The van der Waals surface area contributed by atoms with Gasteiger partial charge in [-0.15, -0.1) is 0 Å². The molecule has 1 saturated heterocycles. The third-order valence-electron chi connectivity index (χ3n) is 4.54. The van der Waals surface area contributed by atoms with Gasteiger partial charge in [0.1, 0.15) is 0 Å². The first-order chi connectivity index (χ1) is 8.16. The van der Waals surface area contributed by atoms with Crippen molar-refractivity contribution >= 4 is 5.91 Å². The summed E-state index contributed by atoms with van der Waals surface area (Å²) in [7, 11) is 0. The fourth-order valence-corrected chi connectivity index (χ4v) is 3.21. The second kappa shape index (κ2) is 5.85. The second-order valence-electron chi connectivity index (χ2n) is 5.97. The molecule has 17 heavy (non-hydrogen) atoms. The van der Waals surface area contributed by atoms with E-state index in [-0.39, 0.29) is 5.91 Å². The Bertz CT molecular complexity index is 267. The van der Waals surface area contributed by atoms with Crippen molar-refractivity contribution in [2.45, 2.75) is 64.5 Å². The van der Waals surface area contributed by atoms with Crippen LogP contribution in [0.25, 0.3) is 0 Å². The molecule has 0 bridgehead atoms. The monoisotopic (exact) mass is 238 g/mol. The summed E-state index contributed by atoms with van der Waals surface area (Å²) in [5, 5.41) is 6.69. The van der Waals surface area contributed by atoms with Gasteiger partial charge in [0.05, 0.1) is 0 Å². The highest BCUT2D eigenvalue weighted by Gasteiger charge is 2.27. The molecule has 2 aliphatic rings. The Morgan fingerprint density at radius 1 is 1.18 bits per heavy atom. The van der Waals surface area contributed by atoms with Crippen LogP contribution in [0.3, 0.4) is 0 Å². The Hall–Kier alpha value is -0.570. The summed E-state index contributed by atoms with van der Waals surface area (Å²) in [6.07, 6.45) is 6.86. The smallest absolute Gasteiger partial charge is 0.221 e. The van der Waals surface area contributed by atoms with Gasteiger partial charge in [0, 0.05) is 18.5 Å². The topological polar surface area (TPSA) is 41.1 Å². The fraction of sp³-hybridized carbons (Fsp3) is 0.929. The van der Waals surface area contributed by atoms with Crippen LogP contribution in [0.5, 0.6) is 0 Å². The zero-order valence-corrected chi connectivity index (χ0v) is 11.2. The molecule has 1 amide bonds. The number of hydrogen-bond donors (Lipinski definition) is 2. The van der Waals surface area contributed by atoms with Crippen molar-refractivity contribution in [2.75, 3.05) is 6.54 Å². The van der Waals surface area contributed by atoms with Crippen molar-refractivity contribution in [1.29, 1.82) is 0 Å². The Kier molecular flexibility index (Phi) is 4.43. The van der Waals surface area contributed by atoms with E-state index in [1.807, 2.05) is 0 Å². The van der Waals surface area contributed by atoms with Gasteiger partial charge < -0.3 is 10.6 Å². The van der Waals surface area contributed by atoms with Gasteiger partial charge in [-0.2, -0.15) is 0 Å². The van der Waals surface area contributed by atoms with Gasteiger partial charge in [-0.3, -0.25) is 4.79 Å². The third kappa shape index (κ3) is 3.44. The molecule has 0 spiro atoms. The molecule has 0 aromatic heterocycles. The highest BCUT2D eigenvalue weighted by Crippen LogP contribution is 2.25. The summed E-state index contributed by atoms with van der Waals surface area (Å²) < 4.78 is 0. The van der Waals surface area contributed by atoms with E-state index < -0.39 is 0 Å². The molecule has 4 unspecified atom stereocenters. The van der Waals surface area contributed by atoms with E-state index in [1.165, 1.54) is 32.1 Å². The Morgan fingerprint density at radius 3 is 2.59 bits per heavy atom. The highest BCUT2D eigenvalue weighted by atomic mass is 16.1. The van der Waals surface area contributed by atoms with E-state index in [9.17, 15) is 4.79 Å². The number of piperidine rings is 1. The van der Waals surface area contributed by atoms with E-state index in [4.69, 9.17) is 0 Å². The number of carbonyl (C=O) groups is 1. The maximum absolute atomic E-state index is 12.0. The SMILES string of the molecule is CC1CCCNC1CC(=O)NC1CCCC1C. The Labute approximate surface area is 105 Å². The molecule has 1 aliphatic carbocycles. The van der Waals surface area contributed by atoms with Gasteiger partial charge in [-0.25, -0.2) is 0 Å². The normalized spacial score (nSPS) is 38.0. The molecular formula is C14H26N2O. The van der Waals surface area contributed by atoms with Crippen molar-refractivity contribution in [2.24, 2.45) is 11.8 Å². The van der Waals surface area contributed by atoms with Crippen LogP contribution >= 0.6 is 0 Å². The molecular weight excluding hydrogens is 212 g/mol. The van der Waals surface area contributed by atoms with Gasteiger partial charge in [0.15, 0.2) is 0 Å². The lowest BCUT2D eigenvalue weighted by atomic mass is 9.90. The number of carbonyl (C=O) groups excluding carboxylic acids is 1. The molecule has 98 valence electrons. The average molecular weight is 238 g/mol. The first-order valence-electron chi connectivity index (χ1n) is 7.19. The molecule has 1 saturated carbocycles. The van der Waals surface area contributed by atoms with Crippen molar-refractivity contribution in [1.82, 2.24) is 10.6 Å². The molecule has 2 fully saturated rings. The molecule has 0 aromatic carbocycles. The summed E-state index contributed by atoms with van der Waals surface area (Å²) in [6.45, 7) is 5.57. The van der Waals surface area contributed by atoms with Crippen LogP contribution in [-0.2, 0) is 4.79 Å². The standard InChI is InChI=1S/C14H26N2O/c1-10-5-3-7-12(10)16-14(17)9-13-11(2)6-4-8-15-13/h10-13,15H,3-9H2,1-2H3,(H,16,17). The summed E-state index contributed by atoms with van der Waals surface area (Å²) in [4.78, 5) is 12.0. The lowest BCUT2D eigenvalue weighted by molar-refractivity contribution is -0.122. The summed E-state index contributed by atoms with van der Waals surface area (Å²) in [6, 6.07) is 0.821. The lowest BCUT2D eigenvalue weighted by Crippen LogP contribution is -2.45. The quantitative estimate of drug-likeness (QED) is 0.790. The van der Waals surface area contributed by atoms with Gasteiger partial charge in [-0.1, -0.05) is 20.3 Å². The van der Waals surface area contributed by atoms with Crippen LogP contribution in [0, 0.1) is 11.8 Å². The predicted octanol–water partition coefficient (Wildman–Crippen LogP) is 2.07. The van der Waals surface area contributed by atoms with Crippen LogP contribution < -0.4 is 10.6 Å². The molecule has 2 N–H and O–H groups in total. The van der Waals surface area contributed by atoms with Crippen molar-refractivity contribution in [3.63, 3.8) is 0 Å². The first kappa shape index (κ1) is 12.9. The van der Waals surface area contributed by atoms with E-state index in [1.54, 1.807) is 0 Å². The molecule has 3 nitrogen and oxygen atoms in total. The molecule has 2 rings (SSSR count). The average Bonchev–Trinajstić information content (AvgIpc) is 2.68. The minimum absolute atomic E-state index is 0.245. The maximum Gasteiger partial charge on any atom is 0.221 e. The zero-order chi connectivity index (χ0) is 12.3. The van der Waals surface area contributed by atoms with E-state index in [0.717, 1.165) is 6.54 Å². The summed E-state index contributed by atoms with van der Waals surface area (Å²) >= 11 is 0. The highest BCUT2D eigenvalue weighted by molar-refractivity contribution is 5.77. The molecule has 0 aromatic rings. The Balaban J connectivity index is 1.76. The molecule has 0 radical (unpaired) electrons. The van der Waals surface area contributed by atoms with E-state index >= 15 is 0 Å². The zero-order valence-electron chi connectivity index (χ0n) is 11.2. The van der Waals surface area contributed by atoms with Crippen molar-refractivity contribution in [3.05, 3.63) is 0 Å². The predicted molar refractivity (Wildman–Crippen MR) is 69.8 cm³/mol. The number of amides is 1. The van der Waals surface area contributed by atoms with Crippen molar-refractivity contribution < 1.29 is 4.79 Å². The third-order valence-corrected chi connectivity index (χ3v) is 4.54. The molecule has 4 atom stereocenters. The largest absolute Gasteiger partial charge is 0.353 e. The number of nitrogens with one attached hydrogen (secondary N) is 2. The summed E-state index contributed by atoms with van der Waals surface area (Å²) in [5.41, 5.74) is 0. The van der Waals surface area contributed by atoms with Gasteiger partial charge in [-0.05, 0) is 44.1 Å². The molecule has 3 heteroatoms. The van der Waals surface area contributed by atoms with Crippen LogP contribution in [0.15, 0.2) is 0 Å². The first-order valence-corrected chi connectivity index (χ1v) is 7.19. The van der Waals surface area contributed by atoms with Crippen molar-refractivity contribution in [3.8, 4) is 0 Å². The van der Waals surface area contributed by atoms with Gasteiger partial charge in [0.25, 0.3) is 0 Å². The maximum atomic E-state index is 12.0. The number of hydrogen-bond acceptors (Lipinski definition) is 2.